The highest BCUT2D eigenvalue weighted by Crippen LogP contribution is 2.63. The van der Waals surface area contributed by atoms with Crippen LogP contribution >= 0.6 is 0 Å². The first-order valence-electron chi connectivity index (χ1n) is 7.31. The van der Waals surface area contributed by atoms with Crippen molar-refractivity contribution in [3.63, 3.8) is 0 Å². The largest absolute Gasteiger partial charge is 0.232 e. The summed E-state index contributed by atoms with van der Waals surface area (Å²) in [5.41, 5.74) is 0.408. The summed E-state index contributed by atoms with van der Waals surface area (Å²) < 4.78 is 0. The lowest BCUT2D eigenvalue weighted by molar-refractivity contribution is -0.452. The molecule has 0 unspecified atom stereocenters. The van der Waals surface area contributed by atoms with Crippen LogP contribution in [0.1, 0.15) is 59.8 Å². The van der Waals surface area contributed by atoms with Crippen LogP contribution < -0.4 is 0 Å². The van der Waals surface area contributed by atoms with Crippen molar-refractivity contribution in [2.75, 3.05) is 0 Å². The molecule has 0 aromatic carbocycles. The van der Waals surface area contributed by atoms with Crippen molar-refractivity contribution in [2.45, 2.75) is 71.5 Å². The number of hydrogen-bond donors (Lipinski definition) is 0. The Balaban J connectivity index is 1.97. The summed E-state index contributed by atoms with van der Waals surface area (Å²) in [5.74, 6) is 2.31. The molecule has 2 saturated carbocycles. The van der Waals surface area contributed by atoms with Gasteiger partial charge in [0.1, 0.15) is 11.7 Å². The second-order valence-corrected chi connectivity index (χ2v) is 7.37. The lowest BCUT2D eigenvalue weighted by atomic mass is 9.57. The van der Waals surface area contributed by atoms with E-state index in [0.29, 0.717) is 17.4 Å². The average Bonchev–Trinajstić information content (AvgIpc) is 2.54. The summed E-state index contributed by atoms with van der Waals surface area (Å²) in [7, 11) is 0. The van der Waals surface area contributed by atoms with Crippen LogP contribution in [0, 0.1) is 23.2 Å². The van der Waals surface area contributed by atoms with Gasteiger partial charge in [-0.05, 0) is 56.8 Å². The summed E-state index contributed by atoms with van der Waals surface area (Å²) in [6.07, 6.45) is 6.77. The predicted molar refractivity (Wildman–Crippen MR) is 67.4 cm³/mol. The molecule has 3 fully saturated rings. The van der Waals surface area contributed by atoms with Crippen LogP contribution in [0.2, 0.25) is 0 Å². The average molecular weight is 238 g/mol. The maximum Gasteiger partial charge on any atom is 0.101 e. The molecule has 1 saturated heterocycles. The fourth-order valence-electron chi connectivity index (χ4n) is 5.05. The van der Waals surface area contributed by atoms with E-state index < -0.39 is 0 Å². The van der Waals surface area contributed by atoms with Crippen LogP contribution in [0.4, 0.5) is 0 Å². The standard InChI is InChI=1S/C15H26O2/c1-10(2)13-15-8-5-11(3)12(15)6-7-14(4,9-15)17-16-13/h10-13H,5-9H2,1-4H3/t11-,12+,13+,14+,15+/m0/s1. The van der Waals surface area contributed by atoms with Crippen molar-refractivity contribution in [3.8, 4) is 0 Å². The highest BCUT2D eigenvalue weighted by atomic mass is 17.2. The van der Waals surface area contributed by atoms with Gasteiger partial charge in [-0.15, -0.1) is 0 Å². The van der Waals surface area contributed by atoms with Gasteiger partial charge in [-0.1, -0.05) is 20.8 Å². The summed E-state index contributed by atoms with van der Waals surface area (Å²) in [6, 6.07) is 0. The molecule has 2 heteroatoms. The summed E-state index contributed by atoms with van der Waals surface area (Å²) in [4.78, 5) is 11.6. The van der Waals surface area contributed by atoms with Crippen molar-refractivity contribution in [1.29, 1.82) is 0 Å². The Bertz CT molecular complexity index is 314. The van der Waals surface area contributed by atoms with E-state index in [1.54, 1.807) is 0 Å². The normalized spacial score (nSPS) is 53.8. The van der Waals surface area contributed by atoms with E-state index in [9.17, 15) is 0 Å². The quantitative estimate of drug-likeness (QED) is 0.644. The van der Waals surface area contributed by atoms with Crippen LogP contribution in [0.5, 0.6) is 0 Å². The van der Waals surface area contributed by atoms with Crippen molar-refractivity contribution >= 4 is 0 Å². The Hall–Kier alpha value is -0.0800. The van der Waals surface area contributed by atoms with E-state index in [-0.39, 0.29) is 5.60 Å². The molecule has 98 valence electrons. The Morgan fingerprint density at radius 3 is 2.65 bits per heavy atom. The second-order valence-electron chi connectivity index (χ2n) is 7.37. The summed E-state index contributed by atoms with van der Waals surface area (Å²) in [6.45, 7) is 9.24. The Morgan fingerprint density at radius 1 is 1.18 bits per heavy atom. The van der Waals surface area contributed by atoms with Crippen molar-refractivity contribution in [2.24, 2.45) is 23.2 Å². The molecular weight excluding hydrogens is 212 g/mol. The van der Waals surface area contributed by atoms with E-state index in [0.717, 1.165) is 11.8 Å². The molecule has 17 heavy (non-hydrogen) atoms. The van der Waals surface area contributed by atoms with Gasteiger partial charge in [0.15, 0.2) is 0 Å². The first kappa shape index (κ1) is 12.0. The minimum atomic E-state index is -0.00799. The smallest absolute Gasteiger partial charge is 0.101 e. The molecule has 2 aliphatic carbocycles. The molecule has 2 bridgehead atoms. The van der Waals surface area contributed by atoms with Gasteiger partial charge in [0.25, 0.3) is 0 Å². The molecule has 1 spiro atoms. The van der Waals surface area contributed by atoms with Crippen LogP contribution in [0.3, 0.4) is 0 Å². The van der Waals surface area contributed by atoms with Crippen molar-refractivity contribution in [3.05, 3.63) is 0 Å². The molecule has 0 aromatic heterocycles. The third-order valence-electron chi connectivity index (χ3n) is 5.70. The van der Waals surface area contributed by atoms with Crippen LogP contribution in [0.25, 0.3) is 0 Å². The maximum absolute atomic E-state index is 5.86. The van der Waals surface area contributed by atoms with Gasteiger partial charge in [0, 0.05) is 5.41 Å². The van der Waals surface area contributed by atoms with Gasteiger partial charge >= 0.3 is 0 Å². The van der Waals surface area contributed by atoms with Gasteiger partial charge in [-0.3, -0.25) is 0 Å². The number of hydrogen-bond acceptors (Lipinski definition) is 2. The SMILES string of the molecule is CC(C)[C@H]1OO[C@]2(C)CC[C@@H]3[C@@H](C)CC[C@]13C2. The highest BCUT2D eigenvalue weighted by molar-refractivity contribution is 5.08. The lowest BCUT2D eigenvalue weighted by Gasteiger charge is -2.56. The molecule has 1 aliphatic heterocycles. The zero-order valence-corrected chi connectivity index (χ0v) is 11.7. The summed E-state index contributed by atoms with van der Waals surface area (Å²) >= 11 is 0. The van der Waals surface area contributed by atoms with Gasteiger partial charge < -0.3 is 0 Å². The van der Waals surface area contributed by atoms with Gasteiger partial charge in [0.05, 0.1) is 0 Å². The monoisotopic (exact) mass is 238 g/mol. The number of rotatable bonds is 1. The Morgan fingerprint density at radius 2 is 1.94 bits per heavy atom. The Labute approximate surface area is 105 Å². The van der Waals surface area contributed by atoms with E-state index >= 15 is 0 Å². The minimum Gasteiger partial charge on any atom is -0.232 e. The van der Waals surface area contributed by atoms with Crippen molar-refractivity contribution in [1.82, 2.24) is 0 Å². The molecule has 2 nitrogen and oxygen atoms in total. The summed E-state index contributed by atoms with van der Waals surface area (Å²) in [5, 5.41) is 0. The van der Waals surface area contributed by atoms with Crippen molar-refractivity contribution < 1.29 is 9.78 Å². The van der Waals surface area contributed by atoms with Crippen LogP contribution in [-0.4, -0.2) is 11.7 Å². The second kappa shape index (κ2) is 3.71. The van der Waals surface area contributed by atoms with E-state index in [1.165, 1.54) is 32.1 Å². The van der Waals surface area contributed by atoms with Gasteiger partial charge in [0.2, 0.25) is 0 Å². The Kier molecular flexibility index (Phi) is 2.61. The molecule has 5 atom stereocenters. The molecular formula is C15H26O2. The van der Waals surface area contributed by atoms with E-state index in [1.807, 2.05) is 0 Å². The fraction of sp³-hybridized carbons (Fsp3) is 1.00. The van der Waals surface area contributed by atoms with E-state index in [2.05, 4.69) is 27.7 Å². The fourth-order valence-corrected chi connectivity index (χ4v) is 5.05. The topological polar surface area (TPSA) is 18.5 Å². The van der Waals surface area contributed by atoms with Crippen LogP contribution in [0.15, 0.2) is 0 Å². The first-order chi connectivity index (χ1) is 7.97. The molecule has 0 aromatic rings. The lowest BCUT2D eigenvalue weighted by Crippen LogP contribution is -2.58. The van der Waals surface area contributed by atoms with Crippen LogP contribution in [-0.2, 0) is 9.78 Å². The van der Waals surface area contributed by atoms with Gasteiger partial charge in [-0.25, -0.2) is 9.78 Å². The molecule has 3 aliphatic rings. The zero-order chi connectivity index (χ0) is 12.3. The number of fused-ring (bicyclic) bond motifs is 1. The first-order valence-corrected chi connectivity index (χ1v) is 7.31. The minimum absolute atomic E-state index is 0.00799. The molecule has 0 radical (unpaired) electrons. The highest BCUT2D eigenvalue weighted by Gasteiger charge is 2.61. The molecule has 1 heterocycles. The van der Waals surface area contributed by atoms with Gasteiger partial charge in [-0.2, -0.15) is 0 Å². The molecule has 0 amide bonds. The van der Waals surface area contributed by atoms with E-state index in [4.69, 9.17) is 9.78 Å². The third kappa shape index (κ3) is 1.60. The maximum atomic E-state index is 5.86. The zero-order valence-electron chi connectivity index (χ0n) is 11.7. The molecule has 0 N–H and O–H groups in total. The molecule has 3 rings (SSSR count). The third-order valence-corrected chi connectivity index (χ3v) is 5.70. The predicted octanol–water partition coefficient (Wildman–Crippen LogP) is 3.95.